The zero-order valence-electron chi connectivity index (χ0n) is 9.25. The van der Waals surface area contributed by atoms with E-state index in [1.807, 2.05) is 18.7 Å². The first-order valence-electron chi connectivity index (χ1n) is 5.43. The lowest BCUT2D eigenvalue weighted by Crippen LogP contribution is -2.13. The molecule has 90 valence electrons. The van der Waals surface area contributed by atoms with Crippen molar-refractivity contribution in [2.75, 3.05) is 5.75 Å². The molecular formula is C11H11ClN2OS2. The molecule has 1 N–H and O–H groups in total. The van der Waals surface area contributed by atoms with E-state index in [9.17, 15) is 4.79 Å². The summed E-state index contributed by atoms with van der Waals surface area (Å²) in [4.78, 5) is 21.5. The summed E-state index contributed by atoms with van der Waals surface area (Å²) in [5, 5.41) is 0.520. The fourth-order valence-electron chi connectivity index (χ4n) is 2.04. The van der Waals surface area contributed by atoms with Gasteiger partial charge in [0.1, 0.15) is 10.7 Å². The highest BCUT2D eigenvalue weighted by Gasteiger charge is 2.20. The van der Waals surface area contributed by atoms with Gasteiger partial charge >= 0.3 is 0 Å². The van der Waals surface area contributed by atoms with Gasteiger partial charge in [-0.25, -0.2) is 4.98 Å². The maximum atomic E-state index is 12.1. The molecule has 17 heavy (non-hydrogen) atoms. The topological polar surface area (TPSA) is 45.8 Å². The smallest absolute Gasteiger partial charge is 0.259 e. The van der Waals surface area contributed by atoms with Crippen LogP contribution in [-0.4, -0.2) is 15.7 Å². The van der Waals surface area contributed by atoms with E-state index in [1.165, 1.54) is 10.4 Å². The lowest BCUT2D eigenvalue weighted by molar-refractivity contribution is 0.915. The molecule has 3 nitrogen and oxygen atoms in total. The van der Waals surface area contributed by atoms with Crippen LogP contribution in [0.4, 0.5) is 0 Å². The summed E-state index contributed by atoms with van der Waals surface area (Å²) in [5.41, 5.74) is 1.16. The van der Waals surface area contributed by atoms with E-state index in [4.69, 9.17) is 11.6 Å². The summed E-state index contributed by atoms with van der Waals surface area (Å²) in [6.07, 6.45) is 0.973. The number of hydrogen-bond donors (Lipinski definition) is 1. The van der Waals surface area contributed by atoms with Gasteiger partial charge in [0.25, 0.3) is 5.56 Å². The van der Waals surface area contributed by atoms with E-state index >= 15 is 0 Å². The van der Waals surface area contributed by atoms with Crippen LogP contribution in [0.5, 0.6) is 0 Å². The summed E-state index contributed by atoms with van der Waals surface area (Å²) in [6, 6.07) is 0. The third kappa shape index (κ3) is 1.90. The molecule has 0 amide bonds. The fourth-order valence-corrected chi connectivity index (χ4v) is 4.50. The molecule has 0 saturated carbocycles. The number of nitrogens with one attached hydrogen (secondary N) is 1. The van der Waals surface area contributed by atoms with Crippen LogP contribution in [0.15, 0.2) is 4.79 Å². The van der Waals surface area contributed by atoms with Gasteiger partial charge in [-0.2, -0.15) is 11.8 Å². The van der Waals surface area contributed by atoms with Crippen LogP contribution in [0, 0.1) is 0 Å². The van der Waals surface area contributed by atoms with E-state index in [0.29, 0.717) is 5.82 Å². The van der Waals surface area contributed by atoms with Gasteiger partial charge in [0, 0.05) is 10.6 Å². The molecule has 0 bridgehead atoms. The first kappa shape index (κ1) is 11.6. The summed E-state index contributed by atoms with van der Waals surface area (Å²) >= 11 is 9.52. The van der Waals surface area contributed by atoms with Crippen molar-refractivity contribution in [3.8, 4) is 0 Å². The van der Waals surface area contributed by atoms with Gasteiger partial charge in [-0.3, -0.25) is 4.79 Å². The third-order valence-electron chi connectivity index (χ3n) is 2.87. The average Bonchev–Trinajstić information content (AvgIpc) is 2.67. The minimum atomic E-state index is -0.263. The van der Waals surface area contributed by atoms with Crippen LogP contribution in [-0.2, 0) is 12.2 Å². The zero-order valence-corrected chi connectivity index (χ0v) is 11.6. The van der Waals surface area contributed by atoms with Crippen LogP contribution in [0.25, 0.3) is 10.2 Å². The van der Waals surface area contributed by atoms with Crippen molar-refractivity contribution in [3.05, 3.63) is 26.6 Å². The summed E-state index contributed by atoms with van der Waals surface area (Å²) in [5.74, 6) is 2.66. The Kier molecular flexibility index (Phi) is 2.92. The van der Waals surface area contributed by atoms with E-state index in [0.717, 1.165) is 28.1 Å². The second-order valence-electron chi connectivity index (χ2n) is 4.05. The average molecular weight is 287 g/mol. The molecule has 6 heteroatoms. The van der Waals surface area contributed by atoms with Crippen LogP contribution >= 0.6 is 34.7 Å². The minimum Gasteiger partial charge on any atom is -0.309 e. The summed E-state index contributed by atoms with van der Waals surface area (Å²) < 4.78 is 0. The number of alkyl halides is 1. The van der Waals surface area contributed by atoms with Crippen molar-refractivity contribution in [1.29, 1.82) is 0 Å². The van der Waals surface area contributed by atoms with Gasteiger partial charge < -0.3 is 4.98 Å². The molecule has 0 saturated heterocycles. The number of rotatable bonds is 1. The van der Waals surface area contributed by atoms with Crippen molar-refractivity contribution in [2.24, 2.45) is 0 Å². The van der Waals surface area contributed by atoms with Crippen LogP contribution < -0.4 is 5.56 Å². The Labute approximate surface area is 112 Å². The number of halogens is 1. The molecule has 0 radical (unpaired) electrons. The van der Waals surface area contributed by atoms with E-state index in [-0.39, 0.29) is 10.9 Å². The highest BCUT2D eigenvalue weighted by Crippen LogP contribution is 2.35. The number of aryl methyl sites for hydroxylation is 1. The molecule has 3 heterocycles. The third-order valence-corrected chi connectivity index (χ3v) is 5.37. The fraction of sp³-hybridized carbons (Fsp3) is 0.455. The number of aromatic amines is 1. The Bertz CT molecular complexity index is 632. The molecule has 2 aromatic rings. The standard InChI is InChI=1S/C11H11ClN2OS2/c1-5(12)9-13-10(15)8-6-2-3-16-4-7(6)17-11(8)14-9/h5H,2-4H2,1H3,(H,13,14,15). The van der Waals surface area contributed by atoms with Crippen molar-refractivity contribution < 1.29 is 0 Å². The molecule has 1 aliphatic rings. The number of thioether (sulfide) groups is 1. The molecule has 1 aliphatic heterocycles. The Hall–Kier alpha value is -0.520. The SMILES string of the molecule is CC(Cl)c1nc2sc3c(c2c(=O)[nH]1)CCSC3. The number of hydrogen-bond acceptors (Lipinski definition) is 4. The lowest BCUT2D eigenvalue weighted by Gasteiger charge is -2.09. The van der Waals surface area contributed by atoms with Crippen molar-refractivity contribution in [3.63, 3.8) is 0 Å². The zero-order chi connectivity index (χ0) is 12.0. The Balaban J connectivity index is 2.31. The number of aromatic nitrogens is 2. The molecule has 0 fully saturated rings. The van der Waals surface area contributed by atoms with Crippen LogP contribution in [0.2, 0.25) is 0 Å². The largest absolute Gasteiger partial charge is 0.309 e. The molecule has 1 atom stereocenters. The quantitative estimate of drug-likeness (QED) is 0.820. The molecule has 2 aromatic heterocycles. The normalized spacial score (nSPS) is 17.1. The van der Waals surface area contributed by atoms with Crippen LogP contribution in [0.1, 0.15) is 28.6 Å². The van der Waals surface area contributed by atoms with Crippen molar-refractivity contribution in [2.45, 2.75) is 24.5 Å². The molecule has 0 spiro atoms. The van der Waals surface area contributed by atoms with Gasteiger partial charge in [0.05, 0.1) is 10.8 Å². The number of H-pyrrole nitrogens is 1. The Morgan fingerprint density at radius 1 is 1.53 bits per heavy atom. The maximum absolute atomic E-state index is 12.1. The van der Waals surface area contributed by atoms with E-state index < -0.39 is 0 Å². The number of thiophene rings is 1. The number of fused-ring (bicyclic) bond motifs is 3. The highest BCUT2D eigenvalue weighted by atomic mass is 35.5. The van der Waals surface area contributed by atoms with Crippen LogP contribution in [0.3, 0.4) is 0 Å². The summed E-state index contributed by atoms with van der Waals surface area (Å²) in [7, 11) is 0. The molecule has 3 rings (SSSR count). The first-order valence-corrected chi connectivity index (χ1v) is 7.84. The molecule has 0 aromatic carbocycles. The lowest BCUT2D eigenvalue weighted by atomic mass is 10.1. The molecule has 1 unspecified atom stereocenters. The predicted molar refractivity (Wildman–Crippen MR) is 74.4 cm³/mol. The van der Waals surface area contributed by atoms with E-state index in [1.54, 1.807) is 11.3 Å². The second kappa shape index (κ2) is 4.30. The van der Waals surface area contributed by atoms with Crippen molar-refractivity contribution >= 4 is 44.9 Å². The maximum Gasteiger partial charge on any atom is 0.259 e. The molecule has 0 aliphatic carbocycles. The van der Waals surface area contributed by atoms with E-state index in [2.05, 4.69) is 9.97 Å². The monoisotopic (exact) mass is 286 g/mol. The minimum absolute atomic E-state index is 0.0399. The predicted octanol–water partition coefficient (Wildman–Crippen LogP) is 3.07. The van der Waals surface area contributed by atoms with Gasteiger partial charge in [0.2, 0.25) is 0 Å². The van der Waals surface area contributed by atoms with Gasteiger partial charge in [-0.15, -0.1) is 22.9 Å². The Morgan fingerprint density at radius 2 is 2.35 bits per heavy atom. The van der Waals surface area contributed by atoms with Gasteiger partial charge in [-0.1, -0.05) is 0 Å². The second-order valence-corrected chi connectivity index (χ2v) is 6.90. The molecular weight excluding hydrogens is 276 g/mol. The Morgan fingerprint density at radius 3 is 3.12 bits per heavy atom. The first-order chi connectivity index (χ1) is 8.16. The summed E-state index contributed by atoms with van der Waals surface area (Å²) in [6.45, 7) is 1.81. The van der Waals surface area contributed by atoms with Crippen molar-refractivity contribution in [1.82, 2.24) is 9.97 Å². The van der Waals surface area contributed by atoms with Gasteiger partial charge in [0.15, 0.2) is 0 Å². The highest BCUT2D eigenvalue weighted by molar-refractivity contribution is 7.98. The number of nitrogens with zero attached hydrogens (tertiary/aromatic N) is 1. The van der Waals surface area contributed by atoms with Gasteiger partial charge in [-0.05, 0) is 24.7 Å².